The Balaban J connectivity index is 2.03. The Morgan fingerprint density at radius 3 is 2.67 bits per heavy atom. The van der Waals surface area contributed by atoms with Crippen LogP contribution in [-0.2, 0) is 4.79 Å². The molecule has 1 N–H and O–H groups in total. The van der Waals surface area contributed by atoms with Crippen LogP contribution in [0.15, 0.2) is 24.3 Å². The van der Waals surface area contributed by atoms with Gasteiger partial charge in [-0.3, -0.25) is 10.1 Å². The number of halogens is 2. The Morgan fingerprint density at radius 1 is 1.33 bits per heavy atom. The average molecular weight is 298 g/mol. The highest BCUT2D eigenvalue weighted by Gasteiger charge is 2.30. The maximum absolute atomic E-state index is 12.1. The molecule has 1 amide bonds. The molecule has 116 valence electrons. The first kappa shape index (κ1) is 15.7. The number of nitrogens with one attached hydrogen (secondary N) is 1. The molecule has 21 heavy (non-hydrogen) atoms. The van der Waals surface area contributed by atoms with Crippen molar-refractivity contribution in [2.75, 3.05) is 13.1 Å². The lowest BCUT2D eigenvalue weighted by atomic mass is 10.1. The summed E-state index contributed by atoms with van der Waals surface area (Å²) in [5, 5.41) is 3.15. The van der Waals surface area contributed by atoms with Gasteiger partial charge < -0.3 is 9.64 Å². The molecule has 1 unspecified atom stereocenters. The maximum Gasteiger partial charge on any atom is 0.387 e. The topological polar surface area (TPSA) is 41.6 Å². The minimum absolute atomic E-state index is 0.0732. The van der Waals surface area contributed by atoms with Crippen molar-refractivity contribution in [3.63, 3.8) is 0 Å². The van der Waals surface area contributed by atoms with Gasteiger partial charge in [-0.15, -0.1) is 0 Å². The van der Waals surface area contributed by atoms with Crippen LogP contribution in [0.4, 0.5) is 8.78 Å². The van der Waals surface area contributed by atoms with E-state index >= 15 is 0 Å². The monoisotopic (exact) mass is 298 g/mol. The van der Waals surface area contributed by atoms with Gasteiger partial charge in [0, 0.05) is 6.54 Å². The van der Waals surface area contributed by atoms with Gasteiger partial charge in [0.1, 0.15) is 11.9 Å². The summed E-state index contributed by atoms with van der Waals surface area (Å²) in [6.45, 7) is 0.308. The SMILES string of the molecule is CCCCCN1C(=O)CNC1c1ccc(OC(F)F)cc1. The molecule has 0 bridgehead atoms. The van der Waals surface area contributed by atoms with Crippen LogP contribution in [0.2, 0.25) is 0 Å². The van der Waals surface area contributed by atoms with Crippen molar-refractivity contribution in [3.05, 3.63) is 29.8 Å². The van der Waals surface area contributed by atoms with Crippen molar-refractivity contribution >= 4 is 5.91 Å². The third-order valence-corrected chi connectivity index (χ3v) is 3.50. The van der Waals surface area contributed by atoms with Crippen molar-refractivity contribution in [3.8, 4) is 5.75 Å². The molecule has 1 atom stereocenters. The maximum atomic E-state index is 12.1. The first-order chi connectivity index (χ1) is 10.1. The summed E-state index contributed by atoms with van der Waals surface area (Å²) in [6, 6.07) is 6.41. The second-order valence-corrected chi connectivity index (χ2v) is 5.03. The van der Waals surface area contributed by atoms with Crippen molar-refractivity contribution < 1.29 is 18.3 Å². The molecule has 0 saturated carbocycles. The highest BCUT2D eigenvalue weighted by molar-refractivity contribution is 5.80. The lowest BCUT2D eigenvalue weighted by Crippen LogP contribution is -2.31. The summed E-state index contributed by atoms with van der Waals surface area (Å²) >= 11 is 0. The molecule has 1 fully saturated rings. The van der Waals surface area contributed by atoms with Gasteiger partial charge >= 0.3 is 6.61 Å². The van der Waals surface area contributed by atoms with E-state index in [4.69, 9.17) is 0 Å². The third kappa shape index (κ3) is 4.14. The number of carbonyl (C=O) groups is 1. The van der Waals surface area contributed by atoms with Crippen LogP contribution in [0, 0.1) is 0 Å². The number of nitrogens with zero attached hydrogens (tertiary/aromatic N) is 1. The van der Waals surface area contributed by atoms with Crippen LogP contribution in [0.1, 0.15) is 37.9 Å². The third-order valence-electron chi connectivity index (χ3n) is 3.50. The van der Waals surface area contributed by atoms with Crippen LogP contribution in [0.3, 0.4) is 0 Å². The zero-order chi connectivity index (χ0) is 15.2. The number of carbonyl (C=O) groups excluding carboxylic acids is 1. The van der Waals surface area contributed by atoms with Gasteiger partial charge in [-0.1, -0.05) is 31.9 Å². The predicted molar refractivity (Wildman–Crippen MR) is 75.1 cm³/mol. The summed E-state index contributed by atoms with van der Waals surface area (Å²) in [5.74, 6) is 0.194. The number of rotatable bonds is 7. The first-order valence-electron chi connectivity index (χ1n) is 7.19. The quantitative estimate of drug-likeness (QED) is 0.787. The zero-order valence-electron chi connectivity index (χ0n) is 12.0. The van der Waals surface area contributed by atoms with Gasteiger partial charge in [-0.05, 0) is 24.1 Å². The minimum Gasteiger partial charge on any atom is -0.435 e. The predicted octanol–water partition coefficient (Wildman–Crippen LogP) is 2.91. The van der Waals surface area contributed by atoms with Crippen LogP contribution < -0.4 is 10.1 Å². The van der Waals surface area contributed by atoms with Crippen LogP contribution >= 0.6 is 0 Å². The molecule has 2 rings (SSSR count). The van der Waals surface area contributed by atoms with Crippen molar-refractivity contribution in [1.82, 2.24) is 10.2 Å². The molecule has 4 nitrogen and oxygen atoms in total. The molecule has 1 saturated heterocycles. The summed E-state index contributed by atoms with van der Waals surface area (Å²) < 4.78 is 28.6. The van der Waals surface area contributed by atoms with E-state index in [-0.39, 0.29) is 17.8 Å². The van der Waals surface area contributed by atoms with Crippen LogP contribution in [0.25, 0.3) is 0 Å². The molecule has 0 spiro atoms. The van der Waals surface area contributed by atoms with Crippen LogP contribution in [-0.4, -0.2) is 30.5 Å². The van der Waals surface area contributed by atoms with Crippen LogP contribution in [0.5, 0.6) is 5.75 Å². The van der Waals surface area contributed by atoms with Crippen molar-refractivity contribution in [2.24, 2.45) is 0 Å². The number of hydrogen-bond acceptors (Lipinski definition) is 3. The molecule has 0 aromatic heterocycles. The van der Waals surface area contributed by atoms with Gasteiger partial charge in [0.05, 0.1) is 6.54 Å². The number of benzene rings is 1. The smallest absolute Gasteiger partial charge is 0.387 e. The van der Waals surface area contributed by atoms with Gasteiger partial charge in [0.15, 0.2) is 0 Å². The number of unbranched alkanes of at least 4 members (excludes halogenated alkanes) is 2. The van der Waals surface area contributed by atoms with Gasteiger partial charge in [0.2, 0.25) is 5.91 Å². The molecule has 0 radical (unpaired) electrons. The fourth-order valence-corrected chi connectivity index (χ4v) is 2.46. The van der Waals surface area contributed by atoms with E-state index in [9.17, 15) is 13.6 Å². The second-order valence-electron chi connectivity index (χ2n) is 5.03. The highest BCUT2D eigenvalue weighted by atomic mass is 19.3. The zero-order valence-corrected chi connectivity index (χ0v) is 12.0. The van der Waals surface area contributed by atoms with E-state index < -0.39 is 6.61 Å². The van der Waals surface area contributed by atoms with E-state index in [1.165, 1.54) is 12.1 Å². The largest absolute Gasteiger partial charge is 0.435 e. The standard InChI is InChI=1S/C15H20F2N2O2/c1-2-3-4-9-19-13(20)10-18-14(19)11-5-7-12(8-6-11)21-15(16)17/h5-8,14-15,18H,2-4,9-10H2,1H3. The number of alkyl halides is 2. The Morgan fingerprint density at radius 2 is 2.05 bits per heavy atom. The molecule has 6 heteroatoms. The average Bonchev–Trinajstić information content (AvgIpc) is 2.81. The lowest BCUT2D eigenvalue weighted by molar-refractivity contribution is -0.128. The highest BCUT2D eigenvalue weighted by Crippen LogP contribution is 2.25. The van der Waals surface area contributed by atoms with E-state index in [1.807, 2.05) is 0 Å². The van der Waals surface area contributed by atoms with Gasteiger partial charge in [0.25, 0.3) is 0 Å². The Bertz CT molecular complexity index is 465. The van der Waals surface area contributed by atoms with Gasteiger partial charge in [-0.25, -0.2) is 0 Å². The van der Waals surface area contributed by atoms with E-state index in [2.05, 4.69) is 17.0 Å². The molecule has 0 aliphatic carbocycles. The molecule has 1 aliphatic heterocycles. The fraction of sp³-hybridized carbons (Fsp3) is 0.533. The summed E-state index contributed by atoms with van der Waals surface area (Å²) in [7, 11) is 0. The van der Waals surface area contributed by atoms with E-state index in [0.29, 0.717) is 13.1 Å². The molecular formula is C15H20F2N2O2. The van der Waals surface area contributed by atoms with Crippen molar-refractivity contribution in [2.45, 2.75) is 39.0 Å². The number of amides is 1. The van der Waals surface area contributed by atoms with Crippen molar-refractivity contribution in [1.29, 1.82) is 0 Å². The normalized spacial score (nSPS) is 18.6. The summed E-state index contributed by atoms with van der Waals surface area (Å²) in [6.07, 6.45) is 2.96. The Kier molecular flexibility index (Phi) is 5.50. The summed E-state index contributed by atoms with van der Waals surface area (Å²) in [5.41, 5.74) is 0.874. The van der Waals surface area contributed by atoms with E-state index in [1.54, 1.807) is 17.0 Å². The summed E-state index contributed by atoms with van der Waals surface area (Å²) in [4.78, 5) is 13.7. The molecule has 1 heterocycles. The molecule has 1 aliphatic rings. The van der Waals surface area contributed by atoms with E-state index in [0.717, 1.165) is 24.8 Å². The number of ether oxygens (including phenoxy) is 1. The minimum atomic E-state index is -2.83. The molecule has 1 aromatic carbocycles. The Labute approximate surface area is 123 Å². The first-order valence-corrected chi connectivity index (χ1v) is 7.19. The lowest BCUT2D eigenvalue weighted by Gasteiger charge is -2.24. The molecular weight excluding hydrogens is 278 g/mol. The number of hydrogen-bond donors (Lipinski definition) is 1. The Hall–Kier alpha value is -1.69. The molecule has 1 aromatic rings. The van der Waals surface area contributed by atoms with Gasteiger partial charge in [-0.2, -0.15) is 8.78 Å². The fourth-order valence-electron chi connectivity index (χ4n) is 2.46. The second kappa shape index (κ2) is 7.36.